The molecule has 1 N–H and O–H groups in total. The number of rotatable bonds is 4. The molecule has 0 unspecified atom stereocenters. The molecule has 2 rings (SSSR count). The summed E-state index contributed by atoms with van der Waals surface area (Å²) in [6, 6.07) is 4.12. The second-order valence-electron chi connectivity index (χ2n) is 4.81. The summed E-state index contributed by atoms with van der Waals surface area (Å²) in [6.07, 6.45) is 0.764. The highest BCUT2D eigenvalue weighted by molar-refractivity contribution is 5.47. The third-order valence-corrected chi connectivity index (χ3v) is 3.88. The van der Waals surface area contributed by atoms with E-state index in [2.05, 4.69) is 19.9 Å². The maximum atomic E-state index is 9.21. The van der Waals surface area contributed by atoms with Crippen LogP contribution in [-0.4, -0.2) is 32.0 Å². The van der Waals surface area contributed by atoms with Gasteiger partial charge in [-0.3, -0.25) is 0 Å². The second kappa shape index (κ2) is 4.67. The van der Waals surface area contributed by atoms with Gasteiger partial charge >= 0.3 is 0 Å². The van der Waals surface area contributed by atoms with Gasteiger partial charge in [0.1, 0.15) is 5.75 Å². The molecule has 1 aromatic rings. The van der Waals surface area contributed by atoms with E-state index >= 15 is 0 Å². The number of methoxy groups -OCH3 is 1. The van der Waals surface area contributed by atoms with Gasteiger partial charge in [-0.1, -0.05) is 6.07 Å². The zero-order valence-electron chi connectivity index (χ0n) is 10.7. The first-order chi connectivity index (χ1) is 8.14. The zero-order valence-corrected chi connectivity index (χ0v) is 10.7. The van der Waals surface area contributed by atoms with Gasteiger partial charge in [0.15, 0.2) is 0 Å². The van der Waals surface area contributed by atoms with Gasteiger partial charge in [-0.05, 0) is 43.0 Å². The van der Waals surface area contributed by atoms with Crippen molar-refractivity contribution in [3.63, 3.8) is 0 Å². The predicted molar refractivity (Wildman–Crippen MR) is 66.7 cm³/mol. The first kappa shape index (κ1) is 12.4. The van der Waals surface area contributed by atoms with Gasteiger partial charge in [-0.2, -0.15) is 0 Å². The normalized spacial score (nSPS) is 17.6. The average molecular weight is 236 g/mol. The molecule has 1 heterocycles. The van der Waals surface area contributed by atoms with Gasteiger partial charge in [-0.25, -0.2) is 0 Å². The third-order valence-electron chi connectivity index (χ3n) is 3.88. The van der Waals surface area contributed by atoms with Crippen LogP contribution in [0.1, 0.15) is 23.1 Å². The maximum Gasteiger partial charge on any atom is 0.122 e. The predicted octanol–water partition coefficient (Wildman–Crippen LogP) is 1.96. The highest BCUT2D eigenvalue weighted by Gasteiger charge is 2.41. The summed E-state index contributed by atoms with van der Waals surface area (Å²) >= 11 is 0. The van der Waals surface area contributed by atoms with E-state index < -0.39 is 0 Å². The number of ether oxygens (including phenoxy) is 2. The number of hydrogen-bond acceptors (Lipinski definition) is 3. The summed E-state index contributed by atoms with van der Waals surface area (Å²) in [6.45, 7) is 5.81. The second-order valence-corrected chi connectivity index (χ2v) is 4.81. The average Bonchev–Trinajstić information content (AvgIpc) is 2.28. The van der Waals surface area contributed by atoms with Crippen molar-refractivity contribution in [2.75, 3.05) is 26.9 Å². The van der Waals surface area contributed by atoms with Crippen LogP contribution in [0.4, 0.5) is 0 Å². The maximum absolute atomic E-state index is 9.21. The van der Waals surface area contributed by atoms with E-state index in [1.165, 1.54) is 16.7 Å². The quantitative estimate of drug-likeness (QED) is 0.868. The van der Waals surface area contributed by atoms with Gasteiger partial charge in [0, 0.05) is 12.0 Å². The van der Waals surface area contributed by atoms with E-state index in [1.807, 2.05) is 6.07 Å². The van der Waals surface area contributed by atoms with Gasteiger partial charge in [0.25, 0.3) is 0 Å². The van der Waals surface area contributed by atoms with Crippen LogP contribution in [0.5, 0.6) is 5.75 Å². The molecular formula is C14H20O3. The Morgan fingerprint density at radius 2 is 2.00 bits per heavy atom. The van der Waals surface area contributed by atoms with Gasteiger partial charge in [0.2, 0.25) is 0 Å². The first-order valence-corrected chi connectivity index (χ1v) is 5.98. The number of hydrogen-bond donors (Lipinski definition) is 1. The summed E-state index contributed by atoms with van der Waals surface area (Å²) in [7, 11) is 1.69. The topological polar surface area (TPSA) is 38.7 Å². The molecule has 17 heavy (non-hydrogen) atoms. The molecule has 0 aromatic heterocycles. The Morgan fingerprint density at radius 1 is 1.29 bits per heavy atom. The Hall–Kier alpha value is -1.06. The molecule has 1 aliphatic heterocycles. The monoisotopic (exact) mass is 236 g/mol. The standard InChI is InChI=1S/C14H20O3/c1-10-11(2)13(16-3)5-4-12(10)14(6-7-15)8-17-9-14/h4-5,15H,6-9H2,1-3H3. The summed E-state index contributed by atoms with van der Waals surface area (Å²) in [5, 5.41) is 9.21. The molecule has 0 spiro atoms. The summed E-state index contributed by atoms with van der Waals surface area (Å²) < 4.78 is 10.7. The number of benzene rings is 1. The van der Waals surface area contributed by atoms with Crippen LogP contribution in [0, 0.1) is 13.8 Å². The molecule has 1 aromatic carbocycles. The van der Waals surface area contributed by atoms with E-state index in [1.54, 1.807) is 7.11 Å². The lowest BCUT2D eigenvalue weighted by Crippen LogP contribution is -2.48. The third kappa shape index (κ3) is 1.94. The van der Waals surface area contributed by atoms with Crippen LogP contribution in [0.2, 0.25) is 0 Å². The number of aliphatic hydroxyl groups is 1. The Labute approximate surface area is 102 Å². The first-order valence-electron chi connectivity index (χ1n) is 5.98. The van der Waals surface area contributed by atoms with Crippen molar-refractivity contribution in [2.45, 2.75) is 25.7 Å². The van der Waals surface area contributed by atoms with Gasteiger partial charge < -0.3 is 14.6 Å². The Bertz CT molecular complexity index is 408. The Morgan fingerprint density at radius 3 is 2.47 bits per heavy atom. The van der Waals surface area contributed by atoms with Crippen molar-refractivity contribution in [1.82, 2.24) is 0 Å². The van der Waals surface area contributed by atoms with E-state index in [0.717, 1.165) is 12.2 Å². The van der Waals surface area contributed by atoms with E-state index in [4.69, 9.17) is 9.47 Å². The van der Waals surface area contributed by atoms with Crippen molar-refractivity contribution >= 4 is 0 Å². The minimum Gasteiger partial charge on any atom is -0.496 e. The fourth-order valence-corrected chi connectivity index (χ4v) is 2.59. The van der Waals surface area contributed by atoms with Crippen LogP contribution in [0.3, 0.4) is 0 Å². The van der Waals surface area contributed by atoms with Crippen molar-refractivity contribution < 1.29 is 14.6 Å². The lowest BCUT2D eigenvalue weighted by atomic mass is 9.73. The van der Waals surface area contributed by atoms with Crippen LogP contribution < -0.4 is 4.74 Å². The molecular weight excluding hydrogens is 216 g/mol. The molecule has 0 amide bonds. The lowest BCUT2D eigenvalue weighted by molar-refractivity contribution is -0.0704. The highest BCUT2D eigenvalue weighted by Crippen LogP contribution is 2.39. The van der Waals surface area contributed by atoms with Crippen molar-refractivity contribution in [2.24, 2.45) is 0 Å². The SMILES string of the molecule is COc1ccc(C2(CCO)COC2)c(C)c1C. The highest BCUT2D eigenvalue weighted by atomic mass is 16.5. The molecule has 0 saturated carbocycles. The van der Waals surface area contributed by atoms with Crippen molar-refractivity contribution in [1.29, 1.82) is 0 Å². The molecule has 3 nitrogen and oxygen atoms in total. The fourth-order valence-electron chi connectivity index (χ4n) is 2.59. The molecule has 94 valence electrons. The number of aliphatic hydroxyl groups excluding tert-OH is 1. The summed E-state index contributed by atoms with van der Waals surface area (Å²) in [5.74, 6) is 0.922. The Kier molecular flexibility index (Phi) is 3.40. The fraction of sp³-hybridized carbons (Fsp3) is 0.571. The summed E-state index contributed by atoms with van der Waals surface area (Å²) in [4.78, 5) is 0. The van der Waals surface area contributed by atoms with Gasteiger partial charge in [0.05, 0.1) is 20.3 Å². The molecule has 0 aliphatic carbocycles. The molecule has 1 aliphatic rings. The van der Waals surface area contributed by atoms with Crippen LogP contribution in [-0.2, 0) is 10.2 Å². The lowest BCUT2D eigenvalue weighted by Gasteiger charge is -2.43. The van der Waals surface area contributed by atoms with Crippen LogP contribution >= 0.6 is 0 Å². The largest absolute Gasteiger partial charge is 0.496 e. The van der Waals surface area contributed by atoms with E-state index in [0.29, 0.717) is 13.2 Å². The minimum atomic E-state index is 0.00979. The van der Waals surface area contributed by atoms with Gasteiger partial charge in [-0.15, -0.1) is 0 Å². The molecule has 3 heteroatoms. The Balaban J connectivity index is 2.42. The molecule has 0 atom stereocenters. The zero-order chi connectivity index (χ0) is 12.5. The smallest absolute Gasteiger partial charge is 0.122 e. The summed E-state index contributed by atoms with van der Waals surface area (Å²) in [5.41, 5.74) is 3.72. The van der Waals surface area contributed by atoms with E-state index in [-0.39, 0.29) is 12.0 Å². The van der Waals surface area contributed by atoms with E-state index in [9.17, 15) is 5.11 Å². The van der Waals surface area contributed by atoms with Crippen LogP contribution in [0.15, 0.2) is 12.1 Å². The minimum absolute atomic E-state index is 0.00979. The molecule has 0 radical (unpaired) electrons. The van der Waals surface area contributed by atoms with Crippen molar-refractivity contribution in [3.8, 4) is 5.75 Å². The van der Waals surface area contributed by atoms with Crippen molar-refractivity contribution in [3.05, 3.63) is 28.8 Å². The molecule has 0 bridgehead atoms. The van der Waals surface area contributed by atoms with Crippen LogP contribution in [0.25, 0.3) is 0 Å². The molecule has 1 saturated heterocycles. The molecule has 1 fully saturated rings.